The van der Waals surface area contributed by atoms with Gasteiger partial charge in [-0.2, -0.15) is 0 Å². The molecule has 1 amide bonds. The Labute approximate surface area is 94.2 Å². The van der Waals surface area contributed by atoms with E-state index in [1.54, 1.807) is 13.1 Å². The first-order valence-electron chi connectivity index (χ1n) is 5.30. The largest absolute Gasteiger partial charge is 0.355 e. The number of amides is 1. The first-order valence-corrected chi connectivity index (χ1v) is 5.30. The number of nitrogens with one attached hydrogen (secondary N) is 1. The fraction of sp³-hybridized carbons (Fsp3) is 0.231. The molecule has 1 N–H and O–H groups in total. The summed E-state index contributed by atoms with van der Waals surface area (Å²) in [4.78, 5) is 23.7. The number of hydrogen-bond donors (Lipinski definition) is 1. The number of hydrogen-bond acceptors (Lipinski definition) is 2. The van der Waals surface area contributed by atoms with Gasteiger partial charge in [0.1, 0.15) is 0 Å². The zero-order valence-corrected chi connectivity index (χ0v) is 9.33. The van der Waals surface area contributed by atoms with Crippen molar-refractivity contribution in [2.45, 2.75) is 13.3 Å². The molecule has 0 saturated heterocycles. The van der Waals surface area contributed by atoms with Gasteiger partial charge in [-0.15, -0.1) is 0 Å². The average Bonchev–Trinajstić information content (AvgIpc) is 2.62. The van der Waals surface area contributed by atoms with E-state index in [4.69, 9.17) is 0 Å². The molecule has 1 aliphatic carbocycles. The fourth-order valence-corrected chi connectivity index (χ4v) is 2.08. The Kier molecular flexibility index (Phi) is 2.60. The highest BCUT2D eigenvalue weighted by molar-refractivity contribution is 6.34. The standard InChI is InChI=1S/C13H13NO2/c1-3-8-9-6-4-5-7-10(9)12(15)11(8)13(16)14-2/h4-7H,3H2,1-2H3,(H,14,16). The summed E-state index contributed by atoms with van der Waals surface area (Å²) >= 11 is 0. The first-order chi connectivity index (χ1) is 7.70. The highest BCUT2D eigenvalue weighted by Gasteiger charge is 2.31. The summed E-state index contributed by atoms with van der Waals surface area (Å²) in [5.41, 5.74) is 2.68. The summed E-state index contributed by atoms with van der Waals surface area (Å²) in [5.74, 6) is -0.454. The molecule has 0 saturated carbocycles. The smallest absolute Gasteiger partial charge is 0.255 e. The molecule has 0 atom stereocenters. The van der Waals surface area contributed by atoms with E-state index in [1.807, 2.05) is 25.1 Å². The number of Topliss-reactive ketones (excluding diaryl/α,β-unsaturated/α-hetero) is 1. The summed E-state index contributed by atoms with van der Waals surface area (Å²) in [5, 5.41) is 2.52. The van der Waals surface area contributed by atoms with Crippen molar-refractivity contribution in [1.82, 2.24) is 5.32 Å². The van der Waals surface area contributed by atoms with Crippen molar-refractivity contribution >= 4 is 17.3 Å². The number of fused-ring (bicyclic) bond motifs is 1. The number of allylic oxidation sites excluding steroid dienone is 1. The molecule has 3 nitrogen and oxygen atoms in total. The van der Waals surface area contributed by atoms with Crippen LogP contribution in [0.25, 0.3) is 5.57 Å². The quantitative estimate of drug-likeness (QED) is 0.764. The molecule has 1 aliphatic rings. The van der Waals surface area contributed by atoms with E-state index in [0.717, 1.165) is 11.1 Å². The van der Waals surface area contributed by atoms with Crippen LogP contribution in [0.1, 0.15) is 29.3 Å². The second-order valence-corrected chi connectivity index (χ2v) is 3.66. The lowest BCUT2D eigenvalue weighted by Gasteiger charge is -2.02. The summed E-state index contributed by atoms with van der Waals surface area (Å²) in [6.45, 7) is 1.95. The van der Waals surface area contributed by atoms with Gasteiger partial charge in [-0.1, -0.05) is 31.2 Å². The molecule has 0 fully saturated rings. The topological polar surface area (TPSA) is 46.2 Å². The van der Waals surface area contributed by atoms with Gasteiger partial charge < -0.3 is 5.32 Å². The van der Waals surface area contributed by atoms with E-state index in [1.165, 1.54) is 0 Å². The molecule has 0 unspecified atom stereocenters. The van der Waals surface area contributed by atoms with Gasteiger partial charge >= 0.3 is 0 Å². The molecule has 0 bridgehead atoms. The lowest BCUT2D eigenvalue weighted by molar-refractivity contribution is -0.116. The van der Waals surface area contributed by atoms with Gasteiger partial charge in [-0.25, -0.2) is 0 Å². The zero-order chi connectivity index (χ0) is 11.7. The van der Waals surface area contributed by atoms with Gasteiger partial charge in [0.05, 0.1) is 5.57 Å². The van der Waals surface area contributed by atoms with Gasteiger partial charge in [0.25, 0.3) is 5.91 Å². The third-order valence-corrected chi connectivity index (χ3v) is 2.83. The van der Waals surface area contributed by atoms with Crippen LogP contribution < -0.4 is 5.32 Å². The van der Waals surface area contributed by atoms with Gasteiger partial charge in [0.15, 0.2) is 5.78 Å². The van der Waals surface area contributed by atoms with Crippen LogP contribution in [0.4, 0.5) is 0 Å². The van der Waals surface area contributed by atoms with Crippen molar-refractivity contribution in [3.63, 3.8) is 0 Å². The van der Waals surface area contributed by atoms with Gasteiger partial charge in [0, 0.05) is 12.6 Å². The summed E-state index contributed by atoms with van der Waals surface area (Å²) < 4.78 is 0. The van der Waals surface area contributed by atoms with Gasteiger partial charge in [-0.3, -0.25) is 9.59 Å². The Balaban J connectivity index is 2.62. The van der Waals surface area contributed by atoms with Crippen LogP contribution in [0, 0.1) is 0 Å². The number of likely N-dealkylation sites (N-methyl/N-ethyl adjacent to an activating group) is 1. The summed E-state index contributed by atoms with van der Waals surface area (Å²) in [7, 11) is 1.54. The minimum atomic E-state index is -0.293. The molecule has 0 heterocycles. The number of ketones is 1. The van der Waals surface area contributed by atoms with Crippen molar-refractivity contribution in [1.29, 1.82) is 0 Å². The molecule has 3 heteroatoms. The SMILES string of the molecule is CCC1=C(C(=O)NC)C(=O)c2ccccc21. The fourth-order valence-electron chi connectivity index (χ4n) is 2.08. The second-order valence-electron chi connectivity index (χ2n) is 3.66. The highest BCUT2D eigenvalue weighted by atomic mass is 16.2. The van der Waals surface area contributed by atoms with Gasteiger partial charge in [-0.05, 0) is 17.6 Å². The second kappa shape index (κ2) is 3.93. The molecule has 1 aromatic carbocycles. The van der Waals surface area contributed by atoms with E-state index < -0.39 is 0 Å². The molecule has 1 aromatic rings. The number of benzene rings is 1. The van der Waals surface area contributed by atoms with Crippen molar-refractivity contribution in [2.75, 3.05) is 7.05 Å². The monoisotopic (exact) mass is 215 g/mol. The maximum Gasteiger partial charge on any atom is 0.255 e. The van der Waals surface area contributed by atoms with E-state index in [-0.39, 0.29) is 11.7 Å². The predicted octanol–water partition coefficient (Wildman–Crippen LogP) is 1.79. The molecule has 0 aliphatic heterocycles. The number of carbonyl (C=O) groups excluding carboxylic acids is 2. The molecule has 0 aromatic heterocycles. The van der Waals surface area contributed by atoms with Crippen LogP contribution in [0.3, 0.4) is 0 Å². The Morgan fingerprint density at radius 2 is 1.88 bits per heavy atom. The molecule has 0 spiro atoms. The van der Waals surface area contributed by atoms with E-state index in [0.29, 0.717) is 17.6 Å². The van der Waals surface area contributed by atoms with Gasteiger partial charge in [0.2, 0.25) is 0 Å². The average molecular weight is 215 g/mol. The van der Waals surface area contributed by atoms with Crippen LogP contribution >= 0.6 is 0 Å². The summed E-state index contributed by atoms with van der Waals surface area (Å²) in [6.07, 6.45) is 0.686. The van der Waals surface area contributed by atoms with E-state index >= 15 is 0 Å². The highest BCUT2D eigenvalue weighted by Crippen LogP contribution is 2.34. The minimum Gasteiger partial charge on any atom is -0.355 e. The minimum absolute atomic E-state index is 0.160. The molecule has 2 rings (SSSR count). The molecule has 16 heavy (non-hydrogen) atoms. The van der Waals surface area contributed by atoms with Crippen molar-refractivity contribution < 1.29 is 9.59 Å². The lowest BCUT2D eigenvalue weighted by atomic mass is 10.0. The Bertz CT molecular complexity index is 500. The van der Waals surface area contributed by atoms with Crippen LogP contribution in [0.15, 0.2) is 29.8 Å². The normalized spacial score (nSPS) is 14.0. The van der Waals surface area contributed by atoms with Crippen molar-refractivity contribution in [3.8, 4) is 0 Å². The van der Waals surface area contributed by atoms with Crippen molar-refractivity contribution in [3.05, 3.63) is 41.0 Å². The predicted molar refractivity (Wildman–Crippen MR) is 62.1 cm³/mol. The molecular weight excluding hydrogens is 202 g/mol. The van der Waals surface area contributed by atoms with Crippen LogP contribution in [0.5, 0.6) is 0 Å². The molecule has 82 valence electrons. The van der Waals surface area contributed by atoms with Crippen molar-refractivity contribution in [2.24, 2.45) is 0 Å². The maximum atomic E-state index is 12.0. The third kappa shape index (κ3) is 1.36. The maximum absolute atomic E-state index is 12.0. The zero-order valence-electron chi connectivity index (χ0n) is 9.33. The van der Waals surface area contributed by atoms with E-state index in [9.17, 15) is 9.59 Å². The van der Waals surface area contributed by atoms with Crippen LogP contribution in [-0.4, -0.2) is 18.7 Å². The number of rotatable bonds is 2. The van der Waals surface area contributed by atoms with E-state index in [2.05, 4.69) is 5.32 Å². The number of carbonyl (C=O) groups is 2. The van der Waals surface area contributed by atoms with Crippen LogP contribution in [-0.2, 0) is 4.79 Å². The molecular formula is C13H13NO2. The summed E-state index contributed by atoms with van der Waals surface area (Å²) in [6, 6.07) is 7.36. The van der Waals surface area contributed by atoms with Crippen LogP contribution in [0.2, 0.25) is 0 Å². The Hall–Kier alpha value is -1.90. The molecule has 0 radical (unpaired) electrons. The first kappa shape index (κ1) is 10.6. The Morgan fingerprint density at radius 3 is 2.44 bits per heavy atom. The third-order valence-electron chi connectivity index (χ3n) is 2.83. The Morgan fingerprint density at radius 1 is 1.25 bits per heavy atom. The lowest BCUT2D eigenvalue weighted by Crippen LogP contribution is -2.23.